The van der Waals surface area contributed by atoms with Gasteiger partial charge in [0.1, 0.15) is 0 Å². The Hall–Kier alpha value is -0.530. The van der Waals surface area contributed by atoms with Gasteiger partial charge in [-0.05, 0) is 30.1 Å². The normalized spacial score (nSPS) is 13.1. The molecule has 0 spiro atoms. The molecule has 2 heteroatoms. The molecule has 0 aliphatic heterocycles. The van der Waals surface area contributed by atoms with E-state index in [1.165, 1.54) is 0 Å². The fraction of sp³-hybridized carbons (Fsp3) is 0.952. The van der Waals surface area contributed by atoms with Crippen molar-refractivity contribution in [3.05, 3.63) is 0 Å². The molecule has 1 unspecified atom stereocenters. The molecule has 1 atom stereocenters. The molecule has 1 amide bonds. The molecule has 0 aromatic heterocycles. The lowest BCUT2D eigenvalue weighted by atomic mass is 9.71. The summed E-state index contributed by atoms with van der Waals surface area (Å²) in [5.74, 6) is 0.491. The first-order valence-electron chi connectivity index (χ1n) is 9.81. The van der Waals surface area contributed by atoms with Crippen LogP contribution in [0, 0.1) is 16.7 Å². The van der Waals surface area contributed by atoms with Gasteiger partial charge in [0, 0.05) is 19.0 Å². The van der Waals surface area contributed by atoms with Gasteiger partial charge in [0.15, 0.2) is 0 Å². The standard InChI is InChI=1S/C19H39NO.C2H6/c1-9-11-13-20(14-12-10-2)17(21)16(19(6,7)8)15-18(3,4)5;1-2/h16H,9-15H2,1-8H3;1-2H3. The van der Waals surface area contributed by atoms with E-state index in [-0.39, 0.29) is 16.7 Å². The summed E-state index contributed by atoms with van der Waals surface area (Å²) in [6, 6.07) is 0. The van der Waals surface area contributed by atoms with E-state index in [0.717, 1.165) is 45.2 Å². The van der Waals surface area contributed by atoms with Crippen LogP contribution in [0.25, 0.3) is 0 Å². The topological polar surface area (TPSA) is 20.3 Å². The number of carbonyl (C=O) groups excluding carboxylic acids is 1. The molecule has 0 heterocycles. The highest BCUT2D eigenvalue weighted by atomic mass is 16.2. The lowest BCUT2D eigenvalue weighted by molar-refractivity contribution is -0.140. The van der Waals surface area contributed by atoms with E-state index in [2.05, 4.69) is 60.3 Å². The van der Waals surface area contributed by atoms with Crippen LogP contribution in [0.5, 0.6) is 0 Å². The zero-order valence-electron chi connectivity index (χ0n) is 17.9. The molecule has 2 nitrogen and oxygen atoms in total. The second kappa shape index (κ2) is 11.9. The Morgan fingerprint density at radius 1 is 0.870 bits per heavy atom. The second-order valence-electron chi connectivity index (χ2n) is 8.72. The van der Waals surface area contributed by atoms with Gasteiger partial charge in [-0.25, -0.2) is 0 Å². The van der Waals surface area contributed by atoms with Crippen molar-refractivity contribution in [1.29, 1.82) is 0 Å². The lowest BCUT2D eigenvalue weighted by Gasteiger charge is -2.38. The van der Waals surface area contributed by atoms with Crippen LogP contribution in [0.3, 0.4) is 0 Å². The summed E-state index contributed by atoms with van der Waals surface area (Å²) in [6.45, 7) is 23.6. The molecule has 0 saturated carbocycles. The number of unbranched alkanes of at least 4 members (excludes halogenated alkanes) is 2. The largest absolute Gasteiger partial charge is 0.342 e. The number of carbonyl (C=O) groups is 1. The minimum atomic E-state index is 0.0288. The predicted octanol–water partition coefficient (Wildman–Crippen LogP) is 6.54. The van der Waals surface area contributed by atoms with Gasteiger partial charge in [-0.2, -0.15) is 0 Å². The SMILES string of the molecule is CC.CCCCN(CCCC)C(=O)C(CC(C)(C)C)C(C)(C)C. The van der Waals surface area contributed by atoms with Crippen LogP contribution in [0.15, 0.2) is 0 Å². The molecule has 140 valence electrons. The Balaban J connectivity index is 0. The Labute approximate surface area is 147 Å². The lowest BCUT2D eigenvalue weighted by Crippen LogP contribution is -2.43. The van der Waals surface area contributed by atoms with E-state index in [9.17, 15) is 4.79 Å². The van der Waals surface area contributed by atoms with Crippen molar-refractivity contribution in [3.63, 3.8) is 0 Å². The molecule has 0 aliphatic carbocycles. The van der Waals surface area contributed by atoms with Crippen molar-refractivity contribution in [1.82, 2.24) is 4.90 Å². The van der Waals surface area contributed by atoms with Crippen molar-refractivity contribution >= 4 is 5.91 Å². The molecule has 0 N–H and O–H groups in total. The molecule has 0 aromatic rings. The van der Waals surface area contributed by atoms with Gasteiger partial charge in [-0.1, -0.05) is 82.1 Å². The third kappa shape index (κ3) is 11.6. The first-order chi connectivity index (χ1) is 10.5. The van der Waals surface area contributed by atoms with Gasteiger partial charge in [0.2, 0.25) is 5.91 Å². The van der Waals surface area contributed by atoms with Crippen molar-refractivity contribution in [3.8, 4) is 0 Å². The zero-order valence-corrected chi connectivity index (χ0v) is 17.9. The summed E-state index contributed by atoms with van der Waals surface area (Å²) in [4.78, 5) is 15.2. The highest BCUT2D eigenvalue weighted by Gasteiger charge is 2.36. The summed E-state index contributed by atoms with van der Waals surface area (Å²) < 4.78 is 0. The van der Waals surface area contributed by atoms with Crippen LogP contribution in [0.2, 0.25) is 0 Å². The number of rotatable bonds is 8. The zero-order chi connectivity index (χ0) is 18.7. The van der Waals surface area contributed by atoms with Crippen molar-refractivity contribution in [2.75, 3.05) is 13.1 Å². The summed E-state index contributed by atoms with van der Waals surface area (Å²) in [5, 5.41) is 0. The van der Waals surface area contributed by atoms with Gasteiger partial charge in [-0.15, -0.1) is 0 Å². The Morgan fingerprint density at radius 2 is 1.26 bits per heavy atom. The molecule has 0 aliphatic rings. The van der Waals surface area contributed by atoms with Gasteiger partial charge in [-0.3, -0.25) is 4.79 Å². The van der Waals surface area contributed by atoms with Crippen LogP contribution in [-0.4, -0.2) is 23.9 Å². The summed E-state index contributed by atoms with van der Waals surface area (Å²) in [6.07, 6.45) is 5.48. The van der Waals surface area contributed by atoms with Gasteiger partial charge < -0.3 is 4.90 Å². The summed E-state index contributed by atoms with van der Waals surface area (Å²) >= 11 is 0. The van der Waals surface area contributed by atoms with Crippen molar-refractivity contribution in [2.45, 2.75) is 101 Å². The molecule has 0 aromatic carbocycles. The average Bonchev–Trinajstić information content (AvgIpc) is 2.44. The van der Waals surface area contributed by atoms with Gasteiger partial charge in [0.25, 0.3) is 0 Å². The number of hydrogen-bond donors (Lipinski definition) is 0. The van der Waals surface area contributed by atoms with Crippen LogP contribution in [0.4, 0.5) is 0 Å². The fourth-order valence-corrected chi connectivity index (χ4v) is 2.63. The molecular formula is C21H45NO. The monoisotopic (exact) mass is 327 g/mol. The van der Waals surface area contributed by atoms with E-state index >= 15 is 0 Å². The van der Waals surface area contributed by atoms with Crippen LogP contribution in [0.1, 0.15) is 101 Å². The molecular weight excluding hydrogens is 282 g/mol. The highest BCUT2D eigenvalue weighted by Crippen LogP contribution is 2.37. The molecule has 0 saturated heterocycles. The predicted molar refractivity (Wildman–Crippen MR) is 105 cm³/mol. The maximum absolute atomic E-state index is 13.1. The second-order valence-corrected chi connectivity index (χ2v) is 8.72. The Morgan fingerprint density at radius 3 is 1.52 bits per heavy atom. The van der Waals surface area contributed by atoms with Crippen molar-refractivity contribution < 1.29 is 4.79 Å². The Kier molecular flexibility index (Phi) is 12.8. The van der Waals surface area contributed by atoms with E-state index < -0.39 is 0 Å². The number of hydrogen-bond acceptors (Lipinski definition) is 1. The third-order valence-corrected chi connectivity index (χ3v) is 4.03. The van der Waals surface area contributed by atoms with Crippen LogP contribution < -0.4 is 0 Å². The quantitative estimate of drug-likeness (QED) is 0.495. The average molecular weight is 328 g/mol. The first-order valence-corrected chi connectivity index (χ1v) is 9.81. The van der Waals surface area contributed by atoms with E-state index in [4.69, 9.17) is 0 Å². The maximum atomic E-state index is 13.1. The van der Waals surface area contributed by atoms with Gasteiger partial charge in [0.05, 0.1) is 0 Å². The van der Waals surface area contributed by atoms with E-state index in [0.29, 0.717) is 5.91 Å². The first kappa shape index (κ1) is 24.7. The molecule has 0 fully saturated rings. The minimum absolute atomic E-state index is 0.0288. The smallest absolute Gasteiger partial charge is 0.226 e. The molecule has 23 heavy (non-hydrogen) atoms. The number of nitrogens with zero attached hydrogens (tertiary/aromatic N) is 1. The fourth-order valence-electron chi connectivity index (χ4n) is 2.63. The third-order valence-electron chi connectivity index (χ3n) is 4.03. The van der Waals surface area contributed by atoms with E-state index in [1.54, 1.807) is 0 Å². The molecule has 0 rings (SSSR count). The summed E-state index contributed by atoms with van der Waals surface area (Å²) in [5.41, 5.74) is 0.218. The van der Waals surface area contributed by atoms with Crippen molar-refractivity contribution in [2.24, 2.45) is 16.7 Å². The van der Waals surface area contributed by atoms with Crippen LogP contribution in [-0.2, 0) is 4.79 Å². The van der Waals surface area contributed by atoms with Gasteiger partial charge >= 0.3 is 0 Å². The summed E-state index contributed by atoms with van der Waals surface area (Å²) in [7, 11) is 0. The Bertz CT molecular complexity index is 288. The number of amides is 1. The maximum Gasteiger partial charge on any atom is 0.226 e. The minimum Gasteiger partial charge on any atom is -0.342 e. The van der Waals surface area contributed by atoms with Crippen LogP contribution >= 0.6 is 0 Å². The van der Waals surface area contributed by atoms with E-state index in [1.807, 2.05) is 13.8 Å². The molecule has 0 bridgehead atoms. The highest BCUT2D eigenvalue weighted by molar-refractivity contribution is 5.79. The molecule has 0 radical (unpaired) electrons.